The zero-order chi connectivity index (χ0) is 15.0. The molecule has 1 aromatic rings. The Morgan fingerprint density at radius 1 is 1.42 bits per heavy atom. The molecule has 0 aromatic carbocycles. The fraction of sp³-hybridized carbons (Fsp3) is 0.167. The van der Waals surface area contributed by atoms with Crippen LogP contribution >= 0.6 is 10.7 Å². The minimum Gasteiger partial charge on any atom is -0.398 e. The van der Waals surface area contributed by atoms with Crippen LogP contribution in [0, 0.1) is 10.1 Å². The molecule has 1 rings (SSSR count). The summed E-state index contributed by atoms with van der Waals surface area (Å²) in [7, 11) is 0.202. The number of pyridine rings is 1. The lowest BCUT2D eigenvalue weighted by atomic mass is 10.4. The molecule has 0 unspecified atom stereocenters. The van der Waals surface area contributed by atoms with Crippen molar-refractivity contribution in [1.82, 2.24) is 4.98 Å². The van der Waals surface area contributed by atoms with E-state index in [2.05, 4.69) is 4.74 Å². The number of ether oxygens (including phenoxy) is 1. The number of aromatic amines is 1. The van der Waals surface area contributed by atoms with E-state index in [1.807, 2.05) is 0 Å². The first-order valence-corrected chi connectivity index (χ1v) is 6.35. The summed E-state index contributed by atoms with van der Waals surface area (Å²) in [6.07, 6.45) is -5.36. The molecule has 0 spiro atoms. The maximum atomic E-state index is 12.0. The number of hydrogen-bond donors (Lipinski definition) is 1. The first-order valence-electron chi connectivity index (χ1n) is 4.04. The highest BCUT2D eigenvalue weighted by molar-refractivity contribution is 8.13. The maximum absolute atomic E-state index is 12.0. The third-order valence-corrected chi connectivity index (χ3v) is 2.86. The standard InChI is InChI=1S/C6H2ClF3N2O6S/c7-19(16,17)3-1-2(18-6(8,9)10)4(12(14)15)5(13)11-3/h1H,(H,11,13). The van der Waals surface area contributed by atoms with Crippen LogP contribution in [0.5, 0.6) is 5.75 Å². The molecule has 13 heteroatoms. The third kappa shape index (κ3) is 3.82. The van der Waals surface area contributed by atoms with Gasteiger partial charge < -0.3 is 9.72 Å². The van der Waals surface area contributed by atoms with Gasteiger partial charge in [-0.1, -0.05) is 0 Å². The predicted molar refractivity (Wildman–Crippen MR) is 53.4 cm³/mol. The van der Waals surface area contributed by atoms with Gasteiger partial charge in [0.1, 0.15) is 0 Å². The lowest BCUT2D eigenvalue weighted by molar-refractivity contribution is -0.390. The first kappa shape index (κ1) is 15.2. The van der Waals surface area contributed by atoms with E-state index >= 15 is 0 Å². The van der Waals surface area contributed by atoms with Crippen LogP contribution in [-0.4, -0.2) is 24.7 Å². The highest BCUT2D eigenvalue weighted by Crippen LogP contribution is 2.30. The molecule has 0 radical (unpaired) electrons. The summed E-state index contributed by atoms with van der Waals surface area (Å²) in [4.78, 5) is 21.6. The molecule has 0 bridgehead atoms. The zero-order valence-corrected chi connectivity index (χ0v) is 9.97. The van der Waals surface area contributed by atoms with E-state index in [1.165, 1.54) is 4.98 Å². The molecule has 0 atom stereocenters. The lowest BCUT2D eigenvalue weighted by Gasteiger charge is -2.09. The van der Waals surface area contributed by atoms with E-state index in [4.69, 9.17) is 10.7 Å². The highest BCUT2D eigenvalue weighted by Gasteiger charge is 2.36. The fourth-order valence-electron chi connectivity index (χ4n) is 1.01. The van der Waals surface area contributed by atoms with E-state index in [-0.39, 0.29) is 6.07 Å². The lowest BCUT2D eigenvalue weighted by Crippen LogP contribution is -2.22. The van der Waals surface area contributed by atoms with Crippen LogP contribution in [0.1, 0.15) is 0 Å². The average Bonchev–Trinajstić information content (AvgIpc) is 2.11. The number of nitrogens with zero attached hydrogens (tertiary/aromatic N) is 1. The quantitative estimate of drug-likeness (QED) is 0.505. The summed E-state index contributed by atoms with van der Waals surface area (Å²) in [6.45, 7) is 0. The van der Waals surface area contributed by atoms with Gasteiger partial charge in [0.2, 0.25) is 5.75 Å². The molecule has 0 saturated heterocycles. The van der Waals surface area contributed by atoms with E-state index < -0.39 is 42.4 Å². The molecule has 1 aromatic heterocycles. The van der Waals surface area contributed by atoms with E-state index in [9.17, 15) is 36.5 Å². The molecular weight excluding hydrogens is 321 g/mol. The predicted octanol–water partition coefficient (Wildman–Crippen LogP) is 1.11. The van der Waals surface area contributed by atoms with Gasteiger partial charge in [-0.15, -0.1) is 13.2 Å². The van der Waals surface area contributed by atoms with Crippen molar-refractivity contribution in [1.29, 1.82) is 0 Å². The number of aromatic nitrogens is 1. The number of alkyl halides is 3. The summed E-state index contributed by atoms with van der Waals surface area (Å²) in [5.74, 6) is -1.58. The molecule has 1 N–H and O–H groups in total. The molecule has 0 aliphatic carbocycles. The van der Waals surface area contributed by atoms with Crippen LogP contribution in [0.3, 0.4) is 0 Å². The van der Waals surface area contributed by atoms with Crippen molar-refractivity contribution in [3.63, 3.8) is 0 Å². The Bertz CT molecular complexity index is 681. The minimum atomic E-state index is -5.36. The van der Waals surface area contributed by atoms with E-state index in [1.54, 1.807) is 0 Å². The molecule has 0 amide bonds. The van der Waals surface area contributed by atoms with Crippen LogP contribution in [0.2, 0.25) is 0 Å². The van der Waals surface area contributed by atoms with Gasteiger partial charge in [0.05, 0.1) is 4.92 Å². The van der Waals surface area contributed by atoms with Gasteiger partial charge >= 0.3 is 17.6 Å². The van der Waals surface area contributed by atoms with Gasteiger partial charge in [-0.25, -0.2) is 8.42 Å². The summed E-state index contributed by atoms with van der Waals surface area (Å²) in [5, 5.41) is 9.28. The molecule has 0 aliphatic rings. The fourth-order valence-corrected chi connectivity index (χ4v) is 1.72. The maximum Gasteiger partial charge on any atom is 0.573 e. The van der Waals surface area contributed by atoms with Crippen molar-refractivity contribution >= 4 is 25.4 Å². The Labute approximate surface area is 106 Å². The number of nitro groups is 1. The Kier molecular flexibility index (Phi) is 3.77. The number of rotatable bonds is 3. The largest absolute Gasteiger partial charge is 0.573 e. The molecule has 0 aliphatic heterocycles. The van der Waals surface area contributed by atoms with Crippen LogP contribution in [0.25, 0.3) is 0 Å². The average molecular weight is 323 g/mol. The van der Waals surface area contributed by atoms with Crippen molar-refractivity contribution in [3.05, 3.63) is 26.5 Å². The van der Waals surface area contributed by atoms with E-state index in [0.717, 1.165) is 0 Å². The Morgan fingerprint density at radius 3 is 2.32 bits per heavy atom. The monoisotopic (exact) mass is 322 g/mol. The second-order valence-corrected chi connectivity index (χ2v) is 5.45. The van der Waals surface area contributed by atoms with Gasteiger partial charge in [-0.3, -0.25) is 14.9 Å². The van der Waals surface area contributed by atoms with Gasteiger partial charge in [0.15, 0.2) is 5.03 Å². The smallest absolute Gasteiger partial charge is 0.398 e. The highest BCUT2D eigenvalue weighted by atomic mass is 35.7. The van der Waals surface area contributed by atoms with Gasteiger partial charge in [-0.05, 0) is 0 Å². The molecule has 0 fully saturated rings. The Balaban J connectivity index is 3.60. The topological polar surface area (TPSA) is 119 Å². The van der Waals surface area contributed by atoms with Crippen molar-refractivity contribution < 1.29 is 31.2 Å². The summed E-state index contributed by atoms with van der Waals surface area (Å²) >= 11 is 0. The normalized spacial score (nSPS) is 12.2. The first-order chi connectivity index (χ1) is 8.42. The number of hydrogen-bond acceptors (Lipinski definition) is 6. The van der Waals surface area contributed by atoms with Crippen molar-refractivity contribution in [2.45, 2.75) is 11.4 Å². The van der Waals surface area contributed by atoms with Gasteiger partial charge in [-0.2, -0.15) is 0 Å². The second kappa shape index (κ2) is 4.70. The van der Waals surface area contributed by atoms with Crippen LogP contribution in [-0.2, 0) is 9.05 Å². The third-order valence-electron chi connectivity index (χ3n) is 1.62. The van der Waals surface area contributed by atoms with Crippen LogP contribution in [0.4, 0.5) is 18.9 Å². The second-order valence-electron chi connectivity index (χ2n) is 2.92. The van der Waals surface area contributed by atoms with Crippen LogP contribution in [0.15, 0.2) is 15.9 Å². The van der Waals surface area contributed by atoms with Crippen molar-refractivity contribution in [2.24, 2.45) is 0 Å². The summed E-state index contributed by atoms with van der Waals surface area (Å²) < 4.78 is 61.0. The SMILES string of the molecule is O=c1[nH]c(S(=O)(=O)Cl)cc(OC(F)(F)F)c1[N+](=O)[O-]. The van der Waals surface area contributed by atoms with Crippen LogP contribution < -0.4 is 10.3 Å². The zero-order valence-electron chi connectivity index (χ0n) is 8.39. The molecule has 1 heterocycles. The van der Waals surface area contributed by atoms with Gasteiger partial charge in [0, 0.05) is 16.7 Å². The molecule has 8 nitrogen and oxygen atoms in total. The Morgan fingerprint density at radius 2 is 1.95 bits per heavy atom. The number of nitrogens with one attached hydrogen (secondary N) is 1. The number of halogens is 4. The minimum absolute atomic E-state index is 0.0926. The Hall–Kier alpha value is -1.82. The summed E-state index contributed by atoms with van der Waals surface area (Å²) in [6, 6.07) is 0.0926. The molecular formula is C6H2ClF3N2O6S. The molecule has 0 saturated carbocycles. The van der Waals surface area contributed by atoms with Crippen molar-refractivity contribution in [2.75, 3.05) is 0 Å². The van der Waals surface area contributed by atoms with Crippen molar-refractivity contribution in [3.8, 4) is 5.75 Å². The van der Waals surface area contributed by atoms with E-state index in [0.29, 0.717) is 0 Å². The number of H-pyrrole nitrogens is 1. The molecule has 106 valence electrons. The summed E-state index contributed by atoms with van der Waals surface area (Å²) in [5.41, 5.74) is -3.30. The molecule has 19 heavy (non-hydrogen) atoms. The van der Waals surface area contributed by atoms with Gasteiger partial charge in [0.25, 0.3) is 9.05 Å².